The van der Waals surface area contributed by atoms with Crippen molar-refractivity contribution in [1.82, 2.24) is 14.5 Å². The number of pyridine rings is 1. The Bertz CT molecular complexity index is 2150. The van der Waals surface area contributed by atoms with Crippen LogP contribution in [0.2, 0.25) is 0 Å². The molecule has 8 rings (SSSR count). The first-order valence-corrected chi connectivity index (χ1v) is 14.8. The van der Waals surface area contributed by atoms with Crippen molar-refractivity contribution in [3.8, 4) is 22.6 Å². The Labute approximate surface area is 271 Å². The molecule has 1 radical (unpaired) electrons. The first-order chi connectivity index (χ1) is 20.8. The third-order valence-electron chi connectivity index (χ3n) is 8.31. The van der Waals surface area contributed by atoms with E-state index < -0.39 is 0 Å². The second-order valence-corrected chi connectivity index (χ2v) is 12.0. The Kier molecular flexibility index (Phi) is 7.87. The van der Waals surface area contributed by atoms with Gasteiger partial charge in [-0.2, -0.15) is 0 Å². The van der Waals surface area contributed by atoms with Crippen LogP contribution in [0.3, 0.4) is 0 Å². The second kappa shape index (κ2) is 11.6. The molecule has 0 unspecified atom stereocenters. The topological polar surface area (TPSA) is 43.9 Å². The van der Waals surface area contributed by atoms with E-state index in [9.17, 15) is 0 Å². The van der Waals surface area contributed by atoms with Crippen molar-refractivity contribution in [2.24, 2.45) is 0 Å². The zero-order valence-corrected chi connectivity index (χ0v) is 27.9. The number of furan rings is 1. The minimum absolute atomic E-state index is 0. The van der Waals surface area contributed by atoms with E-state index in [-0.39, 0.29) is 25.6 Å². The molecule has 0 saturated carbocycles. The van der Waals surface area contributed by atoms with Gasteiger partial charge in [-0.15, -0.1) is 54.1 Å². The minimum Gasteiger partial charge on any atom is -0.501 e. The van der Waals surface area contributed by atoms with Crippen LogP contribution in [0.1, 0.15) is 50.3 Å². The first kappa shape index (κ1) is 29.7. The number of allylic oxidation sites excluding steroid dienone is 1. The van der Waals surface area contributed by atoms with E-state index >= 15 is 0 Å². The molecule has 3 aromatic heterocycles. The van der Waals surface area contributed by atoms with Gasteiger partial charge in [-0.25, -0.2) is 0 Å². The summed E-state index contributed by atoms with van der Waals surface area (Å²) in [5.41, 5.74) is 10.7. The van der Waals surface area contributed by atoms with E-state index in [1.54, 1.807) is 0 Å². The van der Waals surface area contributed by atoms with Crippen LogP contribution in [0.25, 0.3) is 61.7 Å². The van der Waals surface area contributed by atoms with Crippen LogP contribution in [0.5, 0.6) is 0 Å². The molecule has 0 bridgehead atoms. The fourth-order valence-electron chi connectivity index (χ4n) is 5.96. The van der Waals surface area contributed by atoms with Gasteiger partial charge in [0.25, 0.3) is 0 Å². The Hall–Kier alpha value is -4.31. The number of aromatic nitrogens is 3. The number of nitrogens with zero attached hydrogens (tertiary/aromatic N) is 3. The van der Waals surface area contributed by atoms with Gasteiger partial charge < -0.3 is 14.0 Å². The minimum atomic E-state index is -0.0887. The van der Waals surface area contributed by atoms with Crippen molar-refractivity contribution in [2.45, 2.75) is 46.1 Å². The van der Waals surface area contributed by atoms with Gasteiger partial charge in [0, 0.05) is 37.3 Å². The summed E-state index contributed by atoms with van der Waals surface area (Å²) < 4.78 is 8.41. The molecule has 221 valence electrons. The van der Waals surface area contributed by atoms with Gasteiger partial charge in [0.15, 0.2) is 0 Å². The van der Waals surface area contributed by atoms with Crippen molar-refractivity contribution in [1.29, 1.82) is 0 Å². The summed E-state index contributed by atoms with van der Waals surface area (Å²) >= 11 is 0. The van der Waals surface area contributed by atoms with Crippen LogP contribution in [0.15, 0.2) is 102 Å². The van der Waals surface area contributed by atoms with E-state index in [1.165, 1.54) is 22.2 Å². The monoisotopic (exact) mass is 752 g/mol. The van der Waals surface area contributed by atoms with Gasteiger partial charge in [0.2, 0.25) is 0 Å². The number of para-hydroxylation sites is 1. The zero-order valence-electron chi connectivity index (χ0n) is 25.5. The third kappa shape index (κ3) is 5.11. The van der Waals surface area contributed by atoms with E-state index in [0.717, 1.165) is 50.1 Å². The molecular formula is C39H33IrN3O-2. The SMILES string of the molecule is CC(C)c1ccnc(-c2[c-]ccc3c2oc2ccccc23)c1.Cc1ccc2nc(-c3[c-]cccc3)n3c2c1C=CC3(C)C.[Ir]. The molecule has 7 aromatic rings. The summed E-state index contributed by atoms with van der Waals surface area (Å²) in [6.45, 7) is 11.0. The number of hydrogen-bond donors (Lipinski definition) is 0. The molecule has 1 aliphatic heterocycles. The number of aryl methyl sites for hydroxylation is 1. The number of fused-ring (bicyclic) bond motifs is 3. The molecule has 4 heterocycles. The molecule has 4 nitrogen and oxygen atoms in total. The molecule has 0 N–H and O–H groups in total. The standard InChI is InChI=1S/C20H16NO.C19H17N2.Ir/c1-13(2)14-10-11-21-18(12-14)17-8-5-7-16-15-6-3-4-9-19(15)22-20(16)17;1-13-9-10-16-17-15(13)11-12-19(2,3)21(17)18(20-16)14-7-5-4-6-8-14;/h3-7,9-13H,1-2H3;4-7,9-12H,1-3H3;/q2*-1;. The molecule has 0 atom stereocenters. The van der Waals surface area contributed by atoms with Crippen molar-refractivity contribution < 1.29 is 24.5 Å². The molecule has 1 aliphatic rings. The Morgan fingerprint density at radius 1 is 0.886 bits per heavy atom. The Morgan fingerprint density at radius 2 is 1.70 bits per heavy atom. The number of rotatable bonds is 3. The maximum atomic E-state index is 6.07. The van der Waals surface area contributed by atoms with Crippen LogP contribution in [-0.2, 0) is 25.6 Å². The van der Waals surface area contributed by atoms with E-state index in [2.05, 4.69) is 111 Å². The summed E-state index contributed by atoms with van der Waals surface area (Å²) in [5.74, 6) is 1.46. The molecule has 0 aliphatic carbocycles. The number of benzene rings is 4. The molecule has 5 heteroatoms. The summed E-state index contributed by atoms with van der Waals surface area (Å²) in [7, 11) is 0. The van der Waals surface area contributed by atoms with Gasteiger partial charge in [0.05, 0.1) is 28.0 Å². The summed E-state index contributed by atoms with van der Waals surface area (Å²) in [6.07, 6.45) is 6.35. The quantitative estimate of drug-likeness (QED) is 0.169. The van der Waals surface area contributed by atoms with Gasteiger partial charge in [-0.1, -0.05) is 72.8 Å². The average Bonchev–Trinajstić information content (AvgIpc) is 3.61. The van der Waals surface area contributed by atoms with E-state index in [1.807, 2.05) is 48.7 Å². The van der Waals surface area contributed by atoms with Crippen LogP contribution in [-0.4, -0.2) is 14.5 Å². The fourth-order valence-corrected chi connectivity index (χ4v) is 5.96. The predicted molar refractivity (Wildman–Crippen MR) is 177 cm³/mol. The molecule has 4 aromatic carbocycles. The Morgan fingerprint density at radius 3 is 2.50 bits per heavy atom. The van der Waals surface area contributed by atoms with Crippen molar-refractivity contribution >= 4 is 39.0 Å². The summed E-state index contributed by atoms with van der Waals surface area (Å²) in [4.78, 5) is 9.40. The smallest absolute Gasteiger partial charge is 0.120 e. The normalized spacial score (nSPS) is 13.2. The van der Waals surface area contributed by atoms with Crippen LogP contribution in [0, 0.1) is 19.1 Å². The van der Waals surface area contributed by atoms with Gasteiger partial charge >= 0.3 is 0 Å². The Balaban J connectivity index is 0.000000153. The van der Waals surface area contributed by atoms with Crippen LogP contribution < -0.4 is 0 Å². The van der Waals surface area contributed by atoms with E-state index in [4.69, 9.17) is 9.40 Å². The molecule has 0 fully saturated rings. The molecule has 44 heavy (non-hydrogen) atoms. The van der Waals surface area contributed by atoms with Gasteiger partial charge in [-0.05, 0) is 56.1 Å². The zero-order chi connectivity index (χ0) is 29.7. The predicted octanol–water partition coefficient (Wildman–Crippen LogP) is 10.1. The second-order valence-electron chi connectivity index (χ2n) is 12.0. The van der Waals surface area contributed by atoms with E-state index in [0.29, 0.717) is 5.92 Å². The molecule has 0 saturated heterocycles. The fraction of sp³-hybridized carbons (Fsp3) is 0.179. The van der Waals surface area contributed by atoms with Crippen molar-refractivity contribution in [3.05, 3.63) is 126 Å². The first-order valence-electron chi connectivity index (χ1n) is 14.8. The largest absolute Gasteiger partial charge is 0.501 e. The van der Waals surface area contributed by atoms with Crippen molar-refractivity contribution in [3.63, 3.8) is 0 Å². The summed E-state index contributed by atoms with van der Waals surface area (Å²) in [6, 6.07) is 35.2. The average molecular weight is 752 g/mol. The maximum absolute atomic E-state index is 6.07. The molecular weight excluding hydrogens is 719 g/mol. The number of imidazole rings is 1. The summed E-state index contributed by atoms with van der Waals surface area (Å²) in [5, 5.41) is 2.24. The maximum Gasteiger partial charge on any atom is 0.120 e. The third-order valence-corrected chi connectivity index (χ3v) is 8.31. The van der Waals surface area contributed by atoms with Gasteiger partial charge in [-0.3, -0.25) is 4.98 Å². The van der Waals surface area contributed by atoms with Crippen molar-refractivity contribution in [2.75, 3.05) is 0 Å². The molecule has 0 amide bonds. The number of hydrogen-bond acceptors (Lipinski definition) is 3. The molecule has 0 spiro atoms. The van der Waals surface area contributed by atoms with Crippen LogP contribution in [0.4, 0.5) is 0 Å². The van der Waals surface area contributed by atoms with Crippen LogP contribution >= 0.6 is 0 Å². The van der Waals surface area contributed by atoms with Gasteiger partial charge in [0.1, 0.15) is 5.58 Å².